The number of aromatic nitrogens is 2. The molecule has 2 N–H and O–H groups in total. The van der Waals surface area contributed by atoms with E-state index < -0.39 is 0 Å². The maximum Gasteiger partial charge on any atom is 0.106 e. The normalized spacial score (nSPS) is 11.1. The van der Waals surface area contributed by atoms with Crippen LogP contribution in [-0.4, -0.2) is 9.55 Å². The van der Waals surface area contributed by atoms with Gasteiger partial charge >= 0.3 is 0 Å². The molecule has 0 atom stereocenters. The van der Waals surface area contributed by atoms with Gasteiger partial charge in [0.05, 0.1) is 11.0 Å². The van der Waals surface area contributed by atoms with Crippen LogP contribution in [0, 0.1) is 6.92 Å². The molecular formula is C10H12BrN3. The molecule has 3 nitrogen and oxygen atoms in total. The van der Waals surface area contributed by atoms with E-state index in [-0.39, 0.29) is 0 Å². The first-order chi connectivity index (χ1) is 6.63. The van der Waals surface area contributed by atoms with E-state index in [0.29, 0.717) is 0 Å². The zero-order valence-electron chi connectivity index (χ0n) is 8.21. The minimum atomic E-state index is 0.757. The molecular weight excluding hydrogens is 242 g/mol. The molecule has 0 saturated carbocycles. The summed E-state index contributed by atoms with van der Waals surface area (Å²) in [5.41, 5.74) is 8.68. The van der Waals surface area contributed by atoms with Crippen LogP contribution in [0.4, 0.5) is 5.69 Å². The van der Waals surface area contributed by atoms with Gasteiger partial charge in [-0.2, -0.15) is 0 Å². The van der Waals surface area contributed by atoms with Crippen molar-refractivity contribution in [3.05, 3.63) is 22.4 Å². The Kier molecular flexibility index (Phi) is 2.23. The van der Waals surface area contributed by atoms with Crippen molar-refractivity contribution >= 4 is 32.7 Å². The fraction of sp³-hybridized carbons (Fsp3) is 0.300. The van der Waals surface area contributed by atoms with Crippen molar-refractivity contribution in [2.24, 2.45) is 0 Å². The predicted molar refractivity (Wildman–Crippen MR) is 62.3 cm³/mol. The molecule has 0 fully saturated rings. The molecule has 0 amide bonds. The van der Waals surface area contributed by atoms with E-state index in [0.717, 1.165) is 33.6 Å². The zero-order chi connectivity index (χ0) is 10.3. The highest BCUT2D eigenvalue weighted by molar-refractivity contribution is 9.10. The second-order valence-corrected chi connectivity index (χ2v) is 4.12. The highest BCUT2D eigenvalue weighted by Gasteiger charge is 2.07. The molecule has 0 radical (unpaired) electrons. The van der Waals surface area contributed by atoms with E-state index >= 15 is 0 Å². The van der Waals surface area contributed by atoms with Crippen LogP contribution in [0.3, 0.4) is 0 Å². The molecule has 0 aliphatic carbocycles. The zero-order valence-corrected chi connectivity index (χ0v) is 9.80. The lowest BCUT2D eigenvalue weighted by Crippen LogP contribution is -1.97. The van der Waals surface area contributed by atoms with Crippen molar-refractivity contribution in [3.63, 3.8) is 0 Å². The van der Waals surface area contributed by atoms with Crippen molar-refractivity contribution in [2.75, 3.05) is 5.73 Å². The quantitative estimate of drug-likeness (QED) is 0.795. The molecule has 74 valence electrons. The van der Waals surface area contributed by atoms with Crippen LogP contribution in [0.5, 0.6) is 0 Å². The lowest BCUT2D eigenvalue weighted by atomic mass is 10.3. The van der Waals surface area contributed by atoms with Crippen LogP contribution in [0.2, 0.25) is 0 Å². The first kappa shape index (κ1) is 9.52. The van der Waals surface area contributed by atoms with Crippen molar-refractivity contribution < 1.29 is 0 Å². The number of rotatable bonds is 1. The van der Waals surface area contributed by atoms with E-state index in [1.807, 2.05) is 19.1 Å². The third kappa shape index (κ3) is 1.30. The van der Waals surface area contributed by atoms with Gasteiger partial charge in [-0.25, -0.2) is 4.98 Å². The number of imidazole rings is 1. The number of anilines is 1. The number of nitrogens with zero attached hydrogens (tertiary/aromatic N) is 2. The first-order valence-corrected chi connectivity index (χ1v) is 5.34. The topological polar surface area (TPSA) is 43.8 Å². The molecule has 2 rings (SSSR count). The van der Waals surface area contributed by atoms with Crippen LogP contribution in [0.1, 0.15) is 12.7 Å². The molecule has 14 heavy (non-hydrogen) atoms. The summed E-state index contributed by atoms with van der Waals surface area (Å²) >= 11 is 3.40. The summed E-state index contributed by atoms with van der Waals surface area (Å²) in [6, 6.07) is 3.92. The van der Waals surface area contributed by atoms with E-state index in [1.165, 1.54) is 0 Å². The third-order valence-electron chi connectivity index (χ3n) is 2.37. The Hall–Kier alpha value is -1.03. The molecule has 0 aliphatic heterocycles. The summed E-state index contributed by atoms with van der Waals surface area (Å²) in [6.07, 6.45) is 0. The molecule has 0 unspecified atom stereocenters. The summed E-state index contributed by atoms with van der Waals surface area (Å²) in [7, 11) is 0. The van der Waals surface area contributed by atoms with Gasteiger partial charge in [0.15, 0.2) is 0 Å². The number of hydrogen-bond acceptors (Lipinski definition) is 2. The molecule has 0 spiro atoms. The van der Waals surface area contributed by atoms with Gasteiger partial charge in [-0.1, -0.05) is 0 Å². The van der Waals surface area contributed by atoms with Crippen LogP contribution in [-0.2, 0) is 6.54 Å². The summed E-state index contributed by atoms with van der Waals surface area (Å²) in [6.45, 7) is 5.03. The highest BCUT2D eigenvalue weighted by Crippen LogP contribution is 2.26. The van der Waals surface area contributed by atoms with Crippen LogP contribution in [0.15, 0.2) is 16.6 Å². The van der Waals surface area contributed by atoms with E-state index in [2.05, 4.69) is 32.4 Å². The van der Waals surface area contributed by atoms with Crippen LogP contribution >= 0.6 is 15.9 Å². The number of fused-ring (bicyclic) bond motifs is 1. The number of nitrogen functional groups attached to an aromatic ring is 1. The SMILES string of the molecule is CCn1c(C)nc2cc(Br)c(N)cc21. The molecule has 1 heterocycles. The maximum atomic E-state index is 5.83. The van der Waals surface area contributed by atoms with Gasteiger partial charge in [-0.3, -0.25) is 0 Å². The molecule has 1 aromatic heterocycles. The van der Waals surface area contributed by atoms with Crippen molar-refractivity contribution in [1.29, 1.82) is 0 Å². The summed E-state index contributed by atoms with van der Waals surface area (Å²) in [4.78, 5) is 4.46. The average molecular weight is 254 g/mol. The monoisotopic (exact) mass is 253 g/mol. The fourth-order valence-electron chi connectivity index (χ4n) is 1.68. The van der Waals surface area contributed by atoms with Crippen LogP contribution < -0.4 is 5.73 Å². The van der Waals surface area contributed by atoms with Gasteiger partial charge in [0.1, 0.15) is 5.82 Å². The minimum Gasteiger partial charge on any atom is -0.398 e. The van der Waals surface area contributed by atoms with Gasteiger partial charge < -0.3 is 10.3 Å². The Bertz CT molecular complexity index is 488. The van der Waals surface area contributed by atoms with Crippen molar-refractivity contribution in [3.8, 4) is 0 Å². The Morgan fingerprint density at radius 3 is 2.86 bits per heavy atom. The Labute approximate surface area is 91.1 Å². The first-order valence-electron chi connectivity index (χ1n) is 4.55. The summed E-state index contributed by atoms with van der Waals surface area (Å²) < 4.78 is 3.06. The molecule has 0 bridgehead atoms. The molecule has 0 aliphatic rings. The van der Waals surface area contributed by atoms with E-state index in [4.69, 9.17) is 5.73 Å². The molecule has 4 heteroatoms. The lowest BCUT2D eigenvalue weighted by Gasteiger charge is -2.03. The van der Waals surface area contributed by atoms with E-state index in [1.54, 1.807) is 0 Å². The summed E-state index contributed by atoms with van der Waals surface area (Å²) in [5.74, 6) is 1.03. The fourth-order valence-corrected chi connectivity index (χ4v) is 2.01. The van der Waals surface area contributed by atoms with Crippen molar-refractivity contribution in [2.45, 2.75) is 20.4 Å². The molecule has 0 saturated heterocycles. The molecule has 1 aromatic carbocycles. The maximum absolute atomic E-state index is 5.83. The van der Waals surface area contributed by atoms with Crippen LogP contribution in [0.25, 0.3) is 11.0 Å². The number of benzene rings is 1. The second-order valence-electron chi connectivity index (χ2n) is 3.27. The lowest BCUT2D eigenvalue weighted by molar-refractivity contribution is 0.753. The predicted octanol–water partition coefficient (Wildman–Crippen LogP) is 2.71. The number of hydrogen-bond donors (Lipinski definition) is 1. The van der Waals surface area contributed by atoms with E-state index in [9.17, 15) is 0 Å². The van der Waals surface area contributed by atoms with Gasteiger partial charge in [0.2, 0.25) is 0 Å². The smallest absolute Gasteiger partial charge is 0.106 e. The molecule has 2 aromatic rings. The second kappa shape index (κ2) is 3.28. The van der Waals surface area contributed by atoms with Gasteiger partial charge in [0, 0.05) is 16.7 Å². The van der Waals surface area contributed by atoms with Gasteiger partial charge in [-0.05, 0) is 41.9 Å². The number of aryl methyl sites for hydroxylation is 2. The average Bonchev–Trinajstić information content (AvgIpc) is 2.42. The minimum absolute atomic E-state index is 0.757. The Morgan fingerprint density at radius 2 is 2.21 bits per heavy atom. The van der Waals surface area contributed by atoms with Gasteiger partial charge in [0.25, 0.3) is 0 Å². The highest BCUT2D eigenvalue weighted by atomic mass is 79.9. The number of nitrogens with two attached hydrogens (primary N) is 1. The Morgan fingerprint density at radius 1 is 1.50 bits per heavy atom. The summed E-state index contributed by atoms with van der Waals surface area (Å²) in [5, 5.41) is 0. The standard InChI is InChI=1S/C10H12BrN3/c1-3-14-6(2)13-9-4-7(11)8(12)5-10(9)14/h4-5H,3,12H2,1-2H3. The third-order valence-corrected chi connectivity index (χ3v) is 3.06. The largest absolute Gasteiger partial charge is 0.398 e. The van der Waals surface area contributed by atoms with Crippen molar-refractivity contribution in [1.82, 2.24) is 9.55 Å². The number of halogens is 1. The Balaban J connectivity index is 2.82. The van der Waals surface area contributed by atoms with Gasteiger partial charge in [-0.15, -0.1) is 0 Å².